The molecule has 0 amide bonds. The van der Waals surface area contributed by atoms with Crippen LogP contribution in [0.2, 0.25) is 0 Å². The Balaban J connectivity index is 2.09. The lowest BCUT2D eigenvalue weighted by molar-refractivity contribution is -0.384. The fourth-order valence-corrected chi connectivity index (χ4v) is 1.62. The van der Waals surface area contributed by atoms with E-state index in [-0.39, 0.29) is 5.69 Å². The van der Waals surface area contributed by atoms with Crippen molar-refractivity contribution in [1.29, 1.82) is 0 Å². The molecule has 0 spiro atoms. The Morgan fingerprint density at radius 1 is 1.17 bits per heavy atom. The van der Waals surface area contributed by atoms with Gasteiger partial charge in [0.15, 0.2) is 0 Å². The lowest BCUT2D eigenvalue weighted by Crippen LogP contribution is -1.98. The predicted octanol–water partition coefficient (Wildman–Crippen LogP) is 3.48. The van der Waals surface area contributed by atoms with Gasteiger partial charge in [-0.05, 0) is 24.1 Å². The molecule has 4 nitrogen and oxygen atoms in total. The molecule has 0 aromatic heterocycles. The fraction of sp³-hybridized carbons (Fsp3) is 0.143. The second-order valence-corrected chi connectivity index (χ2v) is 3.97. The van der Waals surface area contributed by atoms with Crippen molar-refractivity contribution in [3.05, 3.63) is 69.8 Å². The number of benzene rings is 2. The van der Waals surface area contributed by atoms with Gasteiger partial charge in [0.25, 0.3) is 5.69 Å². The highest BCUT2D eigenvalue weighted by molar-refractivity contribution is 5.38. The van der Waals surface area contributed by atoms with Crippen LogP contribution in [-0.4, -0.2) is 4.92 Å². The van der Waals surface area contributed by atoms with Crippen LogP contribution in [0.4, 0.5) is 5.69 Å². The average Bonchev–Trinajstić information content (AvgIpc) is 2.38. The van der Waals surface area contributed by atoms with Crippen LogP contribution in [0.25, 0.3) is 0 Å². The molecule has 0 saturated carbocycles. The maximum atomic E-state index is 10.6. The molecule has 2 rings (SSSR count). The molecule has 0 atom stereocenters. The summed E-state index contributed by atoms with van der Waals surface area (Å²) < 4.78 is 5.56. The SMILES string of the molecule is Cc1ccccc1COc1cccc([N+](=O)[O-])c1. The molecule has 0 unspecified atom stereocenters. The summed E-state index contributed by atoms with van der Waals surface area (Å²) in [6.07, 6.45) is 0. The van der Waals surface area contributed by atoms with E-state index in [9.17, 15) is 10.1 Å². The van der Waals surface area contributed by atoms with Gasteiger partial charge in [0, 0.05) is 6.07 Å². The number of non-ortho nitro benzene ring substituents is 1. The molecule has 2 aromatic rings. The quantitative estimate of drug-likeness (QED) is 0.610. The first-order valence-electron chi connectivity index (χ1n) is 5.58. The number of rotatable bonds is 4. The van der Waals surface area contributed by atoms with E-state index in [1.54, 1.807) is 12.1 Å². The maximum Gasteiger partial charge on any atom is 0.273 e. The van der Waals surface area contributed by atoms with Gasteiger partial charge in [0.1, 0.15) is 12.4 Å². The highest BCUT2D eigenvalue weighted by atomic mass is 16.6. The Labute approximate surface area is 105 Å². The van der Waals surface area contributed by atoms with E-state index in [0.29, 0.717) is 12.4 Å². The predicted molar refractivity (Wildman–Crippen MR) is 68.6 cm³/mol. The summed E-state index contributed by atoms with van der Waals surface area (Å²) in [6.45, 7) is 2.42. The molecule has 92 valence electrons. The number of hydrogen-bond donors (Lipinski definition) is 0. The third kappa shape index (κ3) is 2.85. The first-order chi connectivity index (χ1) is 8.66. The van der Waals surface area contributed by atoms with Crippen molar-refractivity contribution >= 4 is 5.69 Å². The molecule has 0 saturated heterocycles. The van der Waals surface area contributed by atoms with E-state index >= 15 is 0 Å². The van der Waals surface area contributed by atoms with Crippen molar-refractivity contribution in [2.45, 2.75) is 13.5 Å². The van der Waals surface area contributed by atoms with Crippen molar-refractivity contribution < 1.29 is 9.66 Å². The lowest BCUT2D eigenvalue weighted by atomic mass is 10.1. The summed E-state index contributed by atoms with van der Waals surface area (Å²) in [7, 11) is 0. The van der Waals surface area contributed by atoms with Gasteiger partial charge >= 0.3 is 0 Å². The largest absolute Gasteiger partial charge is 0.489 e. The van der Waals surface area contributed by atoms with Gasteiger partial charge in [0.2, 0.25) is 0 Å². The van der Waals surface area contributed by atoms with Crippen LogP contribution in [0, 0.1) is 17.0 Å². The molecule has 0 aliphatic rings. The summed E-state index contributed by atoms with van der Waals surface area (Å²) in [5.74, 6) is 0.507. The third-order valence-electron chi connectivity index (χ3n) is 2.68. The van der Waals surface area contributed by atoms with Crippen LogP contribution in [-0.2, 0) is 6.61 Å². The topological polar surface area (TPSA) is 52.4 Å². The van der Waals surface area contributed by atoms with E-state index in [2.05, 4.69) is 0 Å². The second kappa shape index (κ2) is 5.31. The van der Waals surface area contributed by atoms with Crippen LogP contribution in [0.5, 0.6) is 5.75 Å². The fourth-order valence-electron chi connectivity index (χ4n) is 1.62. The molecule has 4 heteroatoms. The minimum atomic E-state index is -0.430. The molecule has 0 radical (unpaired) electrons. The van der Waals surface area contributed by atoms with Crippen molar-refractivity contribution in [1.82, 2.24) is 0 Å². The van der Waals surface area contributed by atoms with E-state index in [1.165, 1.54) is 12.1 Å². The molecular weight excluding hydrogens is 230 g/mol. The van der Waals surface area contributed by atoms with Crippen LogP contribution in [0.1, 0.15) is 11.1 Å². The molecule has 0 fully saturated rings. The molecule has 0 N–H and O–H groups in total. The van der Waals surface area contributed by atoms with Crippen LogP contribution < -0.4 is 4.74 Å². The smallest absolute Gasteiger partial charge is 0.273 e. The van der Waals surface area contributed by atoms with Crippen molar-refractivity contribution in [3.63, 3.8) is 0 Å². The molecule has 0 bridgehead atoms. The van der Waals surface area contributed by atoms with E-state index in [0.717, 1.165) is 11.1 Å². The Bertz CT molecular complexity index is 566. The summed E-state index contributed by atoms with van der Waals surface area (Å²) >= 11 is 0. The number of nitro groups is 1. The molecule has 0 aliphatic carbocycles. The standard InChI is InChI=1S/C14H13NO3/c1-11-5-2-3-6-12(11)10-18-14-8-4-7-13(9-14)15(16)17/h2-9H,10H2,1H3. The van der Waals surface area contributed by atoms with Gasteiger partial charge < -0.3 is 4.74 Å². The van der Waals surface area contributed by atoms with Gasteiger partial charge in [0.05, 0.1) is 11.0 Å². The van der Waals surface area contributed by atoms with E-state index < -0.39 is 4.92 Å². The zero-order valence-electron chi connectivity index (χ0n) is 10.00. The number of nitro benzene ring substituents is 1. The minimum Gasteiger partial charge on any atom is -0.489 e. The summed E-state index contributed by atoms with van der Waals surface area (Å²) in [5, 5.41) is 10.6. The maximum absolute atomic E-state index is 10.6. The lowest BCUT2D eigenvalue weighted by Gasteiger charge is -2.08. The molecule has 18 heavy (non-hydrogen) atoms. The van der Waals surface area contributed by atoms with Gasteiger partial charge in [-0.1, -0.05) is 30.3 Å². The highest BCUT2D eigenvalue weighted by Gasteiger charge is 2.06. The van der Waals surface area contributed by atoms with Crippen molar-refractivity contribution in [2.75, 3.05) is 0 Å². The zero-order chi connectivity index (χ0) is 13.0. The number of ether oxygens (including phenoxy) is 1. The monoisotopic (exact) mass is 243 g/mol. The third-order valence-corrected chi connectivity index (χ3v) is 2.68. The Morgan fingerprint density at radius 3 is 2.67 bits per heavy atom. The molecule has 0 aliphatic heterocycles. The van der Waals surface area contributed by atoms with Gasteiger partial charge in [-0.25, -0.2) is 0 Å². The van der Waals surface area contributed by atoms with Crippen LogP contribution >= 0.6 is 0 Å². The number of aryl methyl sites for hydroxylation is 1. The summed E-state index contributed by atoms with van der Waals surface area (Å²) in [6, 6.07) is 14.1. The first kappa shape index (κ1) is 12.1. The summed E-state index contributed by atoms with van der Waals surface area (Å²) in [5.41, 5.74) is 2.25. The first-order valence-corrected chi connectivity index (χ1v) is 5.58. The second-order valence-electron chi connectivity index (χ2n) is 3.97. The number of nitrogens with zero attached hydrogens (tertiary/aromatic N) is 1. The molecule has 0 heterocycles. The highest BCUT2D eigenvalue weighted by Crippen LogP contribution is 2.20. The Hall–Kier alpha value is -2.36. The number of hydrogen-bond acceptors (Lipinski definition) is 3. The van der Waals surface area contributed by atoms with Gasteiger partial charge in [-0.15, -0.1) is 0 Å². The zero-order valence-corrected chi connectivity index (χ0v) is 10.00. The molecular formula is C14H13NO3. The van der Waals surface area contributed by atoms with Gasteiger partial charge in [-0.2, -0.15) is 0 Å². The Kier molecular flexibility index (Phi) is 3.57. The van der Waals surface area contributed by atoms with Crippen LogP contribution in [0.15, 0.2) is 48.5 Å². The van der Waals surface area contributed by atoms with E-state index in [1.807, 2.05) is 31.2 Å². The Morgan fingerprint density at radius 2 is 1.94 bits per heavy atom. The average molecular weight is 243 g/mol. The van der Waals surface area contributed by atoms with Crippen LogP contribution in [0.3, 0.4) is 0 Å². The molecule has 2 aromatic carbocycles. The van der Waals surface area contributed by atoms with Crippen molar-refractivity contribution in [3.8, 4) is 5.75 Å². The normalized spacial score (nSPS) is 10.1. The summed E-state index contributed by atoms with van der Waals surface area (Å²) in [4.78, 5) is 10.2. The van der Waals surface area contributed by atoms with Gasteiger partial charge in [-0.3, -0.25) is 10.1 Å². The van der Waals surface area contributed by atoms with Crippen molar-refractivity contribution in [2.24, 2.45) is 0 Å². The minimum absolute atomic E-state index is 0.0392. The van der Waals surface area contributed by atoms with E-state index in [4.69, 9.17) is 4.74 Å².